The van der Waals surface area contributed by atoms with Crippen LogP contribution in [-0.4, -0.2) is 47.8 Å². The number of aromatic amines is 1. The molecule has 0 unspecified atom stereocenters. The van der Waals surface area contributed by atoms with E-state index in [1.54, 1.807) is 17.1 Å². The number of nitrogens with one attached hydrogen (secondary N) is 1. The third-order valence-corrected chi connectivity index (χ3v) is 7.26. The number of fused-ring (bicyclic) bond motifs is 1. The maximum atomic E-state index is 13.7. The zero-order chi connectivity index (χ0) is 26.6. The molecule has 5 heterocycles. The van der Waals surface area contributed by atoms with Crippen LogP contribution < -0.4 is 5.56 Å². The Balaban J connectivity index is 1.50. The summed E-state index contributed by atoms with van der Waals surface area (Å²) < 4.78 is 13.4. The van der Waals surface area contributed by atoms with Crippen LogP contribution in [0.15, 0.2) is 76.4 Å². The molecular weight excluding hydrogens is 494 g/mol. The summed E-state index contributed by atoms with van der Waals surface area (Å²) in [6.45, 7) is 4.31. The topological polar surface area (TPSA) is 115 Å². The number of H-pyrrole nitrogens is 1. The maximum Gasteiger partial charge on any atom is 0.253 e. The number of hydrogen-bond acceptors (Lipinski definition) is 8. The Morgan fingerprint density at radius 1 is 1.15 bits per heavy atom. The van der Waals surface area contributed by atoms with Crippen LogP contribution in [0.25, 0.3) is 10.9 Å². The van der Waals surface area contributed by atoms with Crippen molar-refractivity contribution < 1.29 is 9.15 Å². The molecule has 6 rings (SSSR count). The van der Waals surface area contributed by atoms with Gasteiger partial charge in [0.05, 0.1) is 25.5 Å². The van der Waals surface area contributed by atoms with Gasteiger partial charge in [-0.1, -0.05) is 19.1 Å². The van der Waals surface area contributed by atoms with E-state index in [2.05, 4.69) is 43.4 Å². The van der Waals surface area contributed by atoms with Crippen LogP contribution in [0, 0.1) is 0 Å². The number of aryl methyl sites for hydroxylation is 1. The predicted molar refractivity (Wildman–Crippen MR) is 145 cm³/mol. The highest BCUT2D eigenvalue weighted by molar-refractivity contribution is 5.80. The van der Waals surface area contributed by atoms with Crippen molar-refractivity contribution in [2.24, 2.45) is 0 Å². The molecule has 10 nitrogen and oxygen atoms in total. The van der Waals surface area contributed by atoms with Crippen molar-refractivity contribution in [1.29, 1.82) is 0 Å². The summed E-state index contributed by atoms with van der Waals surface area (Å²) in [7, 11) is 0. The average Bonchev–Trinajstić information content (AvgIpc) is 3.75. The first-order valence-corrected chi connectivity index (χ1v) is 13.4. The number of ether oxygens (including phenoxy) is 1. The van der Waals surface area contributed by atoms with E-state index in [1.807, 2.05) is 48.7 Å². The molecule has 1 N–H and O–H groups in total. The molecule has 39 heavy (non-hydrogen) atoms. The Labute approximate surface area is 225 Å². The van der Waals surface area contributed by atoms with Crippen LogP contribution >= 0.6 is 0 Å². The number of hydrogen-bond donors (Lipinski definition) is 1. The van der Waals surface area contributed by atoms with Gasteiger partial charge in [0.1, 0.15) is 11.8 Å². The molecule has 2 atom stereocenters. The van der Waals surface area contributed by atoms with Crippen LogP contribution in [-0.2, 0) is 30.8 Å². The minimum Gasteiger partial charge on any atom is -0.468 e. The van der Waals surface area contributed by atoms with E-state index < -0.39 is 6.04 Å². The number of benzene rings is 1. The SMILES string of the molecule is CCc1ccc2[nH]c(=O)c([C@H](c3nnnn3C[C@@H]3CCCO3)N(Cc3cccnc3)Cc3ccco3)cc2c1. The smallest absolute Gasteiger partial charge is 0.253 e. The van der Waals surface area contributed by atoms with Crippen molar-refractivity contribution in [3.8, 4) is 0 Å². The van der Waals surface area contributed by atoms with Gasteiger partial charge in [0, 0.05) is 36.6 Å². The van der Waals surface area contributed by atoms with E-state index in [1.165, 1.54) is 5.56 Å². The second-order valence-electron chi connectivity index (χ2n) is 9.93. The summed E-state index contributed by atoms with van der Waals surface area (Å²) in [6.07, 6.45) is 8.14. The van der Waals surface area contributed by atoms with Gasteiger partial charge in [-0.15, -0.1) is 5.10 Å². The Kier molecular flexibility index (Phi) is 7.29. The van der Waals surface area contributed by atoms with Gasteiger partial charge >= 0.3 is 0 Å². The highest BCUT2D eigenvalue weighted by atomic mass is 16.5. The molecule has 5 aromatic rings. The van der Waals surface area contributed by atoms with E-state index in [0.717, 1.165) is 48.1 Å². The lowest BCUT2D eigenvalue weighted by Crippen LogP contribution is -2.35. The van der Waals surface area contributed by atoms with E-state index in [-0.39, 0.29) is 11.7 Å². The van der Waals surface area contributed by atoms with Crippen molar-refractivity contribution in [1.82, 2.24) is 35.1 Å². The zero-order valence-electron chi connectivity index (χ0n) is 21.9. The first-order valence-electron chi connectivity index (χ1n) is 13.4. The average molecular weight is 526 g/mol. The number of pyridine rings is 2. The molecule has 1 aliphatic heterocycles. The second-order valence-corrected chi connectivity index (χ2v) is 9.93. The molecule has 200 valence electrons. The van der Waals surface area contributed by atoms with Gasteiger partial charge in [-0.2, -0.15) is 0 Å². The first kappa shape index (κ1) is 25.1. The van der Waals surface area contributed by atoms with Crippen LogP contribution in [0.2, 0.25) is 0 Å². The number of nitrogens with zero attached hydrogens (tertiary/aromatic N) is 6. The highest BCUT2D eigenvalue weighted by Crippen LogP contribution is 2.31. The van der Waals surface area contributed by atoms with Crippen molar-refractivity contribution in [2.45, 2.75) is 58.0 Å². The van der Waals surface area contributed by atoms with Crippen LogP contribution in [0.1, 0.15) is 54.1 Å². The Bertz CT molecular complexity index is 1570. The number of rotatable bonds is 10. The molecule has 0 radical (unpaired) electrons. The van der Waals surface area contributed by atoms with Gasteiger partial charge < -0.3 is 14.1 Å². The van der Waals surface area contributed by atoms with Crippen LogP contribution in [0.4, 0.5) is 0 Å². The summed E-state index contributed by atoms with van der Waals surface area (Å²) in [5.41, 5.74) is 3.37. The molecule has 1 aromatic carbocycles. The fourth-order valence-corrected chi connectivity index (χ4v) is 5.28. The van der Waals surface area contributed by atoms with Gasteiger partial charge in [0.15, 0.2) is 5.82 Å². The molecule has 0 bridgehead atoms. The molecule has 10 heteroatoms. The van der Waals surface area contributed by atoms with E-state index in [0.29, 0.717) is 31.0 Å². The maximum absolute atomic E-state index is 13.7. The molecule has 0 amide bonds. The Morgan fingerprint density at radius 2 is 2.10 bits per heavy atom. The van der Waals surface area contributed by atoms with Crippen molar-refractivity contribution >= 4 is 10.9 Å². The largest absolute Gasteiger partial charge is 0.468 e. The number of tetrazole rings is 1. The highest BCUT2D eigenvalue weighted by Gasteiger charge is 2.32. The zero-order valence-corrected chi connectivity index (χ0v) is 21.9. The molecule has 1 aliphatic rings. The minimum atomic E-state index is -0.565. The fourth-order valence-electron chi connectivity index (χ4n) is 5.28. The van der Waals surface area contributed by atoms with Crippen LogP contribution in [0.5, 0.6) is 0 Å². The summed E-state index contributed by atoms with van der Waals surface area (Å²) in [5, 5.41) is 13.8. The molecule has 0 saturated carbocycles. The second kappa shape index (κ2) is 11.3. The third-order valence-electron chi connectivity index (χ3n) is 7.26. The predicted octanol–water partition coefficient (Wildman–Crippen LogP) is 4.04. The van der Waals surface area contributed by atoms with Gasteiger partial charge in [0.25, 0.3) is 5.56 Å². The van der Waals surface area contributed by atoms with Crippen molar-refractivity contribution in [3.63, 3.8) is 0 Å². The normalized spacial score (nSPS) is 16.3. The summed E-state index contributed by atoms with van der Waals surface area (Å²) in [4.78, 5) is 23.3. The molecule has 4 aromatic heterocycles. The quantitative estimate of drug-likeness (QED) is 0.291. The van der Waals surface area contributed by atoms with Gasteiger partial charge in [-0.25, -0.2) is 4.68 Å². The lowest BCUT2D eigenvalue weighted by atomic mass is 10.0. The van der Waals surface area contributed by atoms with Crippen LogP contribution in [0.3, 0.4) is 0 Å². The standard InChI is InChI=1S/C29H31N7O3/c1-2-20-9-10-26-22(14-20)15-25(29(37)31-26)27(28-32-33-34-36(28)19-24-8-5-13-39-24)35(18-23-7-4-12-38-23)17-21-6-3-11-30-16-21/h3-4,6-7,9-12,14-16,24,27H,2,5,8,13,17-19H2,1H3,(H,31,37)/t24-,27+/m0/s1. The van der Waals surface area contributed by atoms with Gasteiger partial charge in [-0.3, -0.25) is 14.7 Å². The molecule has 0 aliphatic carbocycles. The molecular formula is C29H31N7O3. The molecule has 1 fully saturated rings. The number of furan rings is 1. The summed E-state index contributed by atoms with van der Waals surface area (Å²) in [5.74, 6) is 1.35. The van der Waals surface area contributed by atoms with E-state index in [9.17, 15) is 4.79 Å². The lowest BCUT2D eigenvalue weighted by Gasteiger charge is -2.30. The lowest BCUT2D eigenvalue weighted by molar-refractivity contribution is 0.0901. The van der Waals surface area contributed by atoms with Gasteiger partial charge in [0.2, 0.25) is 0 Å². The third kappa shape index (κ3) is 5.52. The monoisotopic (exact) mass is 525 g/mol. The fraction of sp³-hybridized carbons (Fsp3) is 0.345. The Hall–Kier alpha value is -4.15. The van der Waals surface area contributed by atoms with E-state index in [4.69, 9.17) is 9.15 Å². The Morgan fingerprint density at radius 3 is 2.87 bits per heavy atom. The first-order chi connectivity index (χ1) is 19.2. The van der Waals surface area contributed by atoms with Crippen molar-refractivity contribution in [3.05, 3.63) is 106 Å². The summed E-state index contributed by atoms with van der Waals surface area (Å²) in [6, 6.07) is 15.3. The van der Waals surface area contributed by atoms with E-state index >= 15 is 0 Å². The summed E-state index contributed by atoms with van der Waals surface area (Å²) >= 11 is 0. The molecule has 1 saturated heterocycles. The van der Waals surface area contributed by atoms with Gasteiger partial charge in [-0.05, 0) is 82.6 Å². The minimum absolute atomic E-state index is 0.0340. The van der Waals surface area contributed by atoms with Crippen molar-refractivity contribution in [2.75, 3.05) is 6.61 Å². The molecule has 0 spiro atoms. The number of aromatic nitrogens is 6.